The number of benzene rings is 2. The first-order valence-corrected chi connectivity index (χ1v) is 7.57. The van der Waals surface area contributed by atoms with Gasteiger partial charge in [-0.3, -0.25) is 0 Å². The third kappa shape index (κ3) is 5.02. The second-order valence-electron chi connectivity index (χ2n) is 6.25. The van der Waals surface area contributed by atoms with Crippen molar-refractivity contribution in [2.45, 2.75) is 32.4 Å². The van der Waals surface area contributed by atoms with Gasteiger partial charge >= 0.3 is 5.97 Å². The summed E-state index contributed by atoms with van der Waals surface area (Å²) in [6, 6.07) is 16.4. The van der Waals surface area contributed by atoms with E-state index in [1.54, 1.807) is 7.11 Å². The average molecular weight is 313 g/mol. The van der Waals surface area contributed by atoms with E-state index in [2.05, 4.69) is 5.32 Å². The van der Waals surface area contributed by atoms with Gasteiger partial charge in [0.2, 0.25) is 0 Å². The maximum Gasteiger partial charge on any atom is 0.333 e. The molecule has 23 heavy (non-hydrogen) atoms. The summed E-state index contributed by atoms with van der Waals surface area (Å²) in [4.78, 5) is 12.6. The zero-order chi connectivity index (χ0) is 16.9. The Labute approximate surface area is 137 Å². The molecule has 2 aromatic rings. The van der Waals surface area contributed by atoms with E-state index in [0.717, 1.165) is 17.0 Å². The molecule has 122 valence electrons. The molecule has 0 amide bonds. The van der Waals surface area contributed by atoms with Crippen molar-refractivity contribution in [1.82, 2.24) is 0 Å². The number of ether oxygens (including phenoxy) is 2. The van der Waals surface area contributed by atoms with Crippen LogP contribution in [-0.2, 0) is 9.53 Å². The van der Waals surface area contributed by atoms with E-state index in [9.17, 15) is 4.79 Å². The van der Waals surface area contributed by atoms with Crippen LogP contribution in [0.5, 0.6) is 5.75 Å². The van der Waals surface area contributed by atoms with Gasteiger partial charge < -0.3 is 14.8 Å². The summed E-state index contributed by atoms with van der Waals surface area (Å²) in [5, 5.41) is 3.24. The molecule has 1 atom stereocenters. The van der Waals surface area contributed by atoms with Gasteiger partial charge in [0, 0.05) is 5.69 Å². The molecule has 0 heterocycles. The normalized spacial score (nSPS) is 12.3. The molecule has 0 aliphatic heterocycles. The van der Waals surface area contributed by atoms with Crippen molar-refractivity contribution in [1.29, 1.82) is 0 Å². The lowest BCUT2D eigenvalue weighted by molar-refractivity contribution is -0.156. The van der Waals surface area contributed by atoms with Crippen LogP contribution in [0.15, 0.2) is 54.6 Å². The highest BCUT2D eigenvalue weighted by molar-refractivity contribution is 5.81. The maximum absolute atomic E-state index is 12.6. The van der Waals surface area contributed by atoms with E-state index >= 15 is 0 Å². The van der Waals surface area contributed by atoms with Crippen LogP contribution in [0.25, 0.3) is 0 Å². The van der Waals surface area contributed by atoms with Crippen LogP contribution in [-0.4, -0.2) is 18.7 Å². The first kappa shape index (κ1) is 16.9. The Kier molecular flexibility index (Phi) is 5.27. The lowest BCUT2D eigenvalue weighted by Crippen LogP contribution is -2.31. The molecule has 0 spiro atoms. The Morgan fingerprint density at radius 3 is 2.13 bits per heavy atom. The lowest BCUT2D eigenvalue weighted by atomic mass is 10.1. The van der Waals surface area contributed by atoms with Crippen molar-refractivity contribution in [3.8, 4) is 5.75 Å². The van der Waals surface area contributed by atoms with E-state index in [1.165, 1.54) is 0 Å². The van der Waals surface area contributed by atoms with Crippen LogP contribution in [0.1, 0.15) is 32.4 Å². The summed E-state index contributed by atoms with van der Waals surface area (Å²) < 4.78 is 10.7. The number of carbonyl (C=O) groups excluding carboxylic acids is 1. The highest BCUT2D eigenvalue weighted by Crippen LogP contribution is 2.24. The fourth-order valence-corrected chi connectivity index (χ4v) is 2.14. The number of hydrogen-bond acceptors (Lipinski definition) is 4. The molecule has 0 radical (unpaired) electrons. The quantitative estimate of drug-likeness (QED) is 0.841. The van der Waals surface area contributed by atoms with E-state index in [0.29, 0.717) is 0 Å². The molecule has 0 bridgehead atoms. The summed E-state index contributed by atoms with van der Waals surface area (Å²) in [5.41, 5.74) is 1.15. The minimum absolute atomic E-state index is 0.306. The molecule has 0 aliphatic carbocycles. The molecule has 0 unspecified atom stereocenters. The second-order valence-corrected chi connectivity index (χ2v) is 6.25. The first-order chi connectivity index (χ1) is 10.9. The van der Waals surface area contributed by atoms with Crippen molar-refractivity contribution >= 4 is 11.7 Å². The molecule has 2 aromatic carbocycles. The number of hydrogen-bond donors (Lipinski definition) is 1. The van der Waals surface area contributed by atoms with Crippen LogP contribution in [0.4, 0.5) is 5.69 Å². The predicted molar refractivity (Wildman–Crippen MR) is 91.6 cm³/mol. The highest BCUT2D eigenvalue weighted by Gasteiger charge is 2.26. The maximum atomic E-state index is 12.6. The molecule has 0 aromatic heterocycles. The topological polar surface area (TPSA) is 47.6 Å². The summed E-state index contributed by atoms with van der Waals surface area (Å²) in [6.07, 6.45) is 0. The smallest absolute Gasteiger partial charge is 0.333 e. The number of esters is 1. The van der Waals surface area contributed by atoms with Gasteiger partial charge in [-0.15, -0.1) is 0 Å². The van der Waals surface area contributed by atoms with Gasteiger partial charge in [-0.1, -0.05) is 30.3 Å². The van der Waals surface area contributed by atoms with Gasteiger partial charge in [0.15, 0.2) is 6.04 Å². The van der Waals surface area contributed by atoms with Gasteiger partial charge in [-0.05, 0) is 50.6 Å². The van der Waals surface area contributed by atoms with Crippen molar-refractivity contribution in [3.05, 3.63) is 60.2 Å². The molecule has 0 saturated heterocycles. The summed E-state index contributed by atoms with van der Waals surface area (Å²) in [5.74, 6) is 0.462. The van der Waals surface area contributed by atoms with Crippen LogP contribution in [0.2, 0.25) is 0 Å². The van der Waals surface area contributed by atoms with Crippen LogP contribution >= 0.6 is 0 Å². The fourth-order valence-electron chi connectivity index (χ4n) is 2.14. The van der Waals surface area contributed by atoms with Crippen molar-refractivity contribution < 1.29 is 14.3 Å². The molecule has 0 aliphatic rings. The molecular formula is C19H23NO3. The SMILES string of the molecule is COc1ccc(N[C@H](C(=O)OC(C)(C)C)c2ccccc2)cc1. The molecule has 2 rings (SSSR count). The Morgan fingerprint density at radius 2 is 1.61 bits per heavy atom. The third-order valence-corrected chi connectivity index (χ3v) is 3.18. The molecular weight excluding hydrogens is 290 g/mol. The zero-order valence-corrected chi connectivity index (χ0v) is 14.0. The van der Waals surface area contributed by atoms with E-state index < -0.39 is 11.6 Å². The number of nitrogens with one attached hydrogen (secondary N) is 1. The van der Waals surface area contributed by atoms with Crippen LogP contribution in [0, 0.1) is 0 Å². The summed E-state index contributed by atoms with van der Waals surface area (Å²) in [6.45, 7) is 5.58. The minimum atomic E-state index is -0.566. The summed E-state index contributed by atoms with van der Waals surface area (Å²) >= 11 is 0. The van der Waals surface area contributed by atoms with E-state index in [1.807, 2.05) is 75.4 Å². The number of methoxy groups -OCH3 is 1. The van der Waals surface area contributed by atoms with E-state index in [-0.39, 0.29) is 5.97 Å². The second kappa shape index (κ2) is 7.18. The van der Waals surface area contributed by atoms with Gasteiger partial charge in [0.25, 0.3) is 0 Å². The number of rotatable bonds is 5. The molecule has 4 heteroatoms. The van der Waals surface area contributed by atoms with Gasteiger partial charge in [0.05, 0.1) is 7.11 Å². The van der Waals surface area contributed by atoms with Gasteiger partial charge in [-0.25, -0.2) is 4.79 Å². The van der Waals surface area contributed by atoms with Crippen molar-refractivity contribution in [2.75, 3.05) is 12.4 Å². The first-order valence-electron chi connectivity index (χ1n) is 7.57. The minimum Gasteiger partial charge on any atom is -0.497 e. The number of carbonyl (C=O) groups is 1. The third-order valence-electron chi connectivity index (χ3n) is 3.18. The summed E-state index contributed by atoms with van der Waals surface area (Å²) in [7, 11) is 1.62. The molecule has 4 nitrogen and oxygen atoms in total. The Balaban J connectivity index is 2.24. The fraction of sp³-hybridized carbons (Fsp3) is 0.316. The van der Waals surface area contributed by atoms with Crippen LogP contribution < -0.4 is 10.1 Å². The zero-order valence-electron chi connectivity index (χ0n) is 14.0. The van der Waals surface area contributed by atoms with Crippen molar-refractivity contribution in [3.63, 3.8) is 0 Å². The standard InChI is InChI=1S/C19H23NO3/c1-19(2,3)23-18(21)17(14-8-6-5-7-9-14)20-15-10-12-16(22-4)13-11-15/h5-13,17,20H,1-4H3/t17-/m0/s1. The highest BCUT2D eigenvalue weighted by atomic mass is 16.6. The van der Waals surface area contributed by atoms with E-state index in [4.69, 9.17) is 9.47 Å². The molecule has 0 fully saturated rings. The Hall–Kier alpha value is -2.49. The Bertz CT molecular complexity index is 630. The monoisotopic (exact) mass is 313 g/mol. The van der Waals surface area contributed by atoms with Gasteiger partial charge in [-0.2, -0.15) is 0 Å². The molecule has 0 saturated carbocycles. The van der Waals surface area contributed by atoms with Crippen molar-refractivity contribution in [2.24, 2.45) is 0 Å². The van der Waals surface area contributed by atoms with Gasteiger partial charge in [0.1, 0.15) is 11.4 Å². The Morgan fingerprint density at radius 1 is 1.00 bits per heavy atom. The van der Waals surface area contributed by atoms with Crippen LogP contribution in [0.3, 0.4) is 0 Å². The predicted octanol–water partition coefficient (Wildman–Crippen LogP) is 4.19. The average Bonchev–Trinajstić information content (AvgIpc) is 2.52. The lowest BCUT2D eigenvalue weighted by Gasteiger charge is -2.25. The largest absolute Gasteiger partial charge is 0.497 e. The molecule has 1 N–H and O–H groups in total. The number of anilines is 1.